The first kappa shape index (κ1) is 18.9. The molecular formula is C15H9N5O7S. The van der Waals surface area contributed by atoms with Gasteiger partial charge in [0.1, 0.15) is 0 Å². The molecule has 0 fully saturated rings. The molecule has 0 saturated heterocycles. The number of hydrogen-bond donors (Lipinski definition) is 0. The van der Waals surface area contributed by atoms with Crippen molar-refractivity contribution in [3.8, 4) is 11.5 Å². The molecule has 0 aliphatic heterocycles. The fourth-order valence-corrected chi connectivity index (χ4v) is 2.93. The lowest BCUT2D eigenvalue weighted by Crippen LogP contribution is -1.95. The average molecular weight is 403 g/mol. The molecule has 0 spiro atoms. The number of hydrogen-bond acceptors (Lipinski definition) is 10. The van der Waals surface area contributed by atoms with E-state index >= 15 is 0 Å². The molecule has 0 radical (unpaired) electrons. The molecule has 1 heterocycles. The third kappa shape index (κ3) is 4.27. The fraction of sp³-hybridized carbons (Fsp3) is 0.0667. The van der Waals surface area contributed by atoms with Crippen molar-refractivity contribution in [2.24, 2.45) is 0 Å². The normalized spacial score (nSPS) is 10.6. The SMILES string of the molecule is O=[N+]([O-])c1cccc(-c2nnc(SCc3cc([N+](=O)[O-])cc([N+](=O)[O-])c3)o2)c1. The first-order valence-corrected chi connectivity index (χ1v) is 8.46. The van der Waals surface area contributed by atoms with Crippen molar-refractivity contribution in [1.82, 2.24) is 10.2 Å². The van der Waals surface area contributed by atoms with Crippen LogP contribution in [0.1, 0.15) is 5.56 Å². The molecule has 0 saturated carbocycles. The highest BCUT2D eigenvalue weighted by Gasteiger charge is 2.18. The lowest BCUT2D eigenvalue weighted by atomic mass is 10.2. The molecule has 0 unspecified atom stereocenters. The summed E-state index contributed by atoms with van der Waals surface area (Å²) < 4.78 is 5.43. The lowest BCUT2D eigenvalue weighted by molar-refractivity contribution is -0.394. The molecule has 3 rings (SSSR count). The van der Waals surface area contributed by atoms with Crippen molar-refractivity contribution < 1.29 is 19.2 Å². The largest absolute Gasteiger partial charge is 0.411 e. The number of nitrogens with zero attached hydrogens (tertiary/aromatic N) is 5. The minimum atomic E-state index is -0.714. The van der Waals surface area contributed by atoms with Crippen LogP contribution in [0.2, 0.25) is 0 Å². The Hall–Kier alpha value is -3.87. The zero-order valence-electron chi connectivity index (χ0n) is 13.8. The number of nitro benzene ring substituents is 3. The number of thioether (sulfide) groups is 1. The van der Waals surface area contributed by atoms with E-state index in [-0.39, 0.29) is 22.6 Å². The van der Waals surface area contributed by atoms with Crippen LogP contribution >= 0.6 is 11.8 Å². The van der Waals surface area contributed by atoms with Crippen molar-refractivity contribution in [3.63, 3.8) is 0 Å². The number of rotatable bonds is 7. The van der Waals surface area contributed by atoms with E-state index in [2.05, 4.69) is 10.2 Å². The summed E-state index contributed by atoms with van der Waals surface area (Å²) in [7, 11) is 0. The van der Waals surface area contributed by atoms with Crippen LogP contribution in [0, 0.1) is 30.3 Å². The van der Waals surface area contributed by atoms with Gasteiger partial charge >= 0.3 is 0 Å². The van der Waals surface area contributed by atoms with Gasteiger partial charge in [0.15, 0.2) is 0 Å². The Balaban J connectivity index is 1.78. The van der Waals surface area contributed by atoms with Gasteiger partial charge in [0.2, 0.25) is 5.89 Å². The summed E-state index contributed by atoms with van der Waals surface area (Å²) in [6.07, 6.45) is 0. The molecular weight excluding hydrogens is 394 g/mol. The maximum atomic E-state index is 10.9. The van der Waals surface area contributed by atoms with E-state index in [0.29, 0.717) is 11.1 Å². The molecule has 0 N–H and O–H groups in total. The molecule has 142 valence electrons. The van der Waals surface area contributed by atoms with Crippen LogP contribution in [0.3, 0.4) is 0 Å². The van der Waals surface area contributed by atoms with Crippen LogP contribution in [-0.2, 0) is 5.75 Å². The maximum absolute atomic E-state index is 10.9. The predicted molar refractivity (Wildman–Crippen MR) is 95.7 cm³/mol. The molecule has 0 aliphatic rings. The van der Waals surface area contributed by atoms with Gasteiger partial charge in [-0.05, 0) is 11.6 Å². The van der Waals surface area contributed by atoms with Crippen molar-refractivity contribution >= 4 is 28.8 Å². The number of aromatic nitrogens is 2. The molecule has 12 nitrogen and oxygen atoms in total. The zero-order chi connectivity index (χ0) is 20.3. The van der Waals surface area contributed by atoms with Crippen molar-refractivity contribution in [1.29, 1.82) is 0 Å². The van der Waals surface area contributed by atoms with Gasteiger partial charge in [-0.25, -0.2) is 0 Å². The third-order valence-electron chi connectivity index (χ3n) is 3.46. The van der Waals surface area contributed by atoms with Crippen molar-refractivity contribution in [2.45, 2.75) is 11.0 Å². The van der Waals surface area contributed by atoms with Crippen LogP contribution in [0.5, 0.6) is 0 Å². The predicted octanol–water partition coefficient (Wildman–Crippen LogP) is 3.75. The summed E-state index contributed by atoms with van der Waals surface area (Å²) in [6, 6.07) is 8.97. The van der Waals surface area contributed by atoms with E-state index in [1.165, 1.54) is 30.3 Å². The van der Waals surface area contributed by atoms with E-state index < -0.39 is 26.1 Å². The van der Waals surface area contributed by atoms with Gasteiger partial charge in [0, 0.05) is 35.6 Å². The van der Waals surface area contributed by atoms with Crippen LogP contribution in [-0.4, -0.2) is 25.0 Å². The summed E-state index contributed by atoms with van der Waals surface area (Å²) in [5.74, 6) is 0.176. The topological polar surface area (TPSA) is 168 Å². The number of non-ortho nitro benzene ring substituents is 3. The van der Waals surface area contributed by atoms with Crippen molar-refractivity contribution in [3.05, 3.63) is 78.4 Å². The van der Waals surface area contributed by atoms with Crippen LogP contribution in [0.4, 0.5) is 17.1 Å². The second-order valence-corrected chi connectivity index (χ2v) is 6.27. The van der Waals surface area contributed by atoms with Gasteiger partial charge in [0.05, 0.1) is 20.8 Å². The van der Waals surface area contributed by atoms with E-state index in [0.717, 1.165) is 17.8 Å². The van der Waals surface area contributed by atoms with Gasteiger partial charge in [0.25, 0.3) is 22.3 Å². The molecule has 2 aromatic carbocycles. The second-order valence-electron chi connectivity index (χ2n) is 5.34. The zero-order valence-corrected chi connectivity index (χ0v) is 14.6. The highest BCUT2D eigenvalue weighted by molar-refractivity contribution is 7.98. The number of nitro groups is 3. The van der Waals surface area contributed by atoms with E-state index in [1.807, 2.05) is 0 Å². The van der Waals surface area contributed by atoms with E-state index in [9.17, 15) is 30.3 Å². The molecule has 0 atom stereocenters. The molecule has 28 heavy (non-hydrogen) atoms. The Kier molecular flexibility index (Phi) is 5.26. The Labute approximate surface area is 159 Å². The summed E-state index contributed by atoms with van der Waals surface area (Å²) in [6.45, 7) is 0. The van der Waals surface area contributed by atoms with Gasteiger partial charge in [-0.3, -0.25) is 30.3 Å². The first-order valence-electron chi connectivity index (χ1n) is 7.47. The fourth-order valence-electron chi connectivity index (χ4n) is 2.23. The summed E-state index contributed by atoms with van der Waals surface area (Å²) in [5, 5.41) is 40.4. The molecule has 0 amide bonds. The summed E-state index contributed by atoms with van der Waals surface area (Å²) in [5.41, 5.74) is -0.227. The van der Waals surface area contributed by atoms with Gasteiger partial charge < -0.3 is 4.42 Å². The Morgan fingerprint density at radius 3 is 2.11 bits per heavy atom. The Bertz CT molecular complexity index is 1050. The standard InChI is InChI=1S/C15H9N5O7S/c21-18(22)11-3-1-2-10(6-11)14-16-17-15(27-14)28-8-9-4-12(19(23)24)7-13(5-9)20(25)26/h1-7H,8H2. The van der Waals surface area contributed by atoms with E-state index in [4.69, 9.17) is 4.42 Å². The summed E-state index contributed by atoms with van der Waals surface area (Å²) in [4.78, 5) is 30.7. The average Bonchev–Trinajstić information content (AvgIpc) is 3.15. The Morgan fingerprint density at radius 2 is 1.50 bits per heavy atom. The minimum absolute atomic E-state index is 0.0659. The number of benzene rings is 2. The highest BCUT2D eigenvalue weighted by Crippen LogP contribution is 2.30. The van der Waals surface area contributed by atoms with Crippen LogP contribution in [0.25, 0.3) is 11.5 Å². The minimum Gasteiger partial charge on any atom is -0.411 e. The molecule has 13 heteroatoms. The lowest BCUT2D eigenvalue weighted by Gasteiger charge is -2.00. The van der Waals surface area contributed by atoms with Crippen LogP contribution < -0.4 is 0 Å². The second kappa shape index (κ2) is 7.79. The van der Waals surface area contributed by atoms with E-state index in [1.54, 1.807) is 6.07 Å². The molecule has 0 bridgehead atoms. The Morgan fingerprint density at radius 1 is 0.857 bits per heavy atom. The molecule has 0 aliphatic carbocycles. The monoisotopic (exact) mass is 403 g/mol. The summed E-state index contributed by atoms with van der Waals surface area (Å²) >= 11 is 1.02. The van der Waals surface area contributed by atoms with Gasteiger partial charge in [-0.1, -0.05) is 17.8 Å². The first-order chi connectivity index (χ1) is 13.3. The maximum Gasteiger partial charge on any atom is 0.277 e. The molecule has 1 aromatic heterocycles. The highest BCUT2D eigenvalue weighted by atomic mass is 32.2. The van der Waals surface area contributed by atoms with Gasteiger partial charge in [-0.15, -0.1) is 10.2 Å². The third-order valence-corrected chi connectivity index (χ3v) is 4.35. The quantitative estimate of drug-likeness (QED) is 0.321. The van der Waals surface area contributed by atoms with Gasteiger partial charge in [-0.2, -0.15) is 0 Å². The smallest absolute Gasteiger partial charge is 0.277 e. The van der Waals surface area contributed by atoms with Crippen LogP contribution in [0.15, 0.2) is 52.1 Å². The van der Waals surface area contributed by atoms with Crippen molar-refractivity contribution in [2.75, 3.05) is 0 Å². The molecule has 3 aromatic rings.